The van der Waals surface area contributed by atoms with Crippen molar-refractivity contribution in [3.05, 3.63) is 0 Å². The first-order valence-electron chi connectivity index (χ1n) is 11.7. The summed E-state index contributed by atoms with van der Waals surface area (Å²) in [6, 6.07) is 0. The van der Waals surface area contributed by atoms with Crippen LogP contribution in [0.4, 0.5) is 0 Å². The molecule has 0 amide bonds. The van der Waals surface area contributed by atoms with Crippen molar-refractivity contribution in [2.24, 2.45) is 10.8 Å². The molecule has 0 fully saturated rings. The molecular weight excluding hydrogens is 352 g/mol. The van der Waals surface area contributed by atoms with Gasteiger partial charge in [0.25, 0.3) is 0 Å². The van der Waals surface area contributed by atoms with E-state index < -0.39 is 0 Å². The molecule has 0 saturated carbocycles. The third kappa shape index (κ3) is 27.9. The normalized spacial score (nSPS) is 14.1. The molecule has 0 aromatic rings. The third-order valence-electron chi connectivity index (χ3n) is 4.06. The van der Waals surface area contributed by atoms with Crippen molar-refractivity contribution in [1.29, 1.82) is 0 Å². The highest BCUT2D eigenvalue weighted by atomic mass is 15.2. The Bertz CT molecular complexity index is 380. The molecule has 0 aromatic heterocycles. The summed E-state index contributed by atoms with van der Waals surface area (Å²) in [6.07, 6.45) is 1.27. The van der Waals surface area contributed by atoms with Gasteiger partial charge in [0.05, 0.1) is 0 Å². The SMILES string of the molecule is CC(C)(C)CN(C(C)(C)C)C(C)(C)C.CC(C)(C)NC(C)(C)C.CCC(C)(C)C. The average Bonchev–Trinajstić information content (AvgIpc) is 2.28. The summed E-state index contributed by atoms with van der Waals surface area (Å²) in [5.41, 5.74) is 1.86. The largest absolute Gasteiger partial charge is 0.307 e. The fourth-order valence-corrected chi connectivity index (χ4v) is 3.08. The summed E-state index contributed by atoms with van der Waals surface area (Å²) in [4.78, 5) is 2.58. The number of hydrogen-bond donors (Lipinski definition) is 1. The Balaban J connectivity index is -0.000000386. The van der Waals surface area contributed by atoms with Gasteiger partial charge < -0.3 is 5.32 Å². The van der Waals surface area contributed by atoms with E-state index in [-0.39, 0.29) is 22.2 Å². The average molecular weight is 415 g/mol. The Kier molecular flexibility index (Phi) is 13.3. The standard InChI is InChI=1S/C13H29N.C8H19N.C6H14/c1-11(2,3)10-14(12(4,5)6)13(7,8)9;1-7(2,3)9-8(4,5)6;1-5-6(2,3)4/h10H2,1-9H3;9H,1-6H3;5H2,1-4H3. The molecule has 2 nitrogen and oxygen atoms in total. The molecule has 0 radical (unpaired) electrons. The first kappa shape index (κ1) is 33.6. The molecule has 0 atom stereocenters. The van der Waals surface area contributed by atoms with Gasteiger partial charge in [0, 0.05) is 28.7 Å². The maximum Gasteiger partial charge on any atom is 0.0130 e. The van der Waals surface area contributed by atoms with Crippen molar-refractivity contribution in [3.8, 4) is 0 Å². The van der Waals surface area contributed by atoms with Gasteiger partial charge in [-0.05, 0) is 93.9 Å². The monoisotopic (exact) mass is 414 g/mol. The molecule has 0 spiro atoms. The van der Waals surface area contributed by atoms with Crippen molar-refractivity contribution in [2.75, 3.05) is 6.54 Å². The molecule has 180 valence electrons. The van der Waals surface area contributed by atoms with E-state index in [0.29, 0.717) is 10.8 Å². The van der Waals surface area contributed by atoms with Crippen LogP contribution in [0.1, 0.15) is 138 Å². The predicted molar refractivity (Wildman–Crippen MR) is 138 cm³/mol. The van der Waals surface area contributed by atoms with Crippen LogP contribution in [0.15, 0.2) is 0 Å². The van der Waals surface area contributed by atoms with Crippen LogP contribution in [0, 0.1) is 10.8 Å². The van der Waals surface area contributed by atoms with E-state index in [9.17, 15) is 0 Å². The molecule has 1 N–H and O–H groups in total. The number of hydrogen-bond acceptors (Lipinski definition) is 2. The molecule has 0 unspecified atom stereocenters. The Morgan fingerprint density at radius 2 is 0.724 bits per heavy atom. The van der Waals surface area contributed by atoms with Crippen LogP contribution in [-0.4, -0.2) is 33.6 Å². The Labute approximate surface area is 188 Å². The minimum Gasteiger partial charge on any atom is -0.307 e. The zero-order valence-electron chi connectivity index (χ0n) is 24.4. The van der Waals surface area contributed by atoms with Gasteiger partial charge in [0.1, 0.15) is 0 Å². The Hall–Kier alpha value is -0.0800. The Morgan fingerprint density at radius 1 is 0.483 bits per heavy atom. The van der Waals surface area contributed by atoms with Gasteiger partial charge in [-0.3, -0.25) is 4.90 Å². The van der Waals surface area contributed by atoms with E-state index in [1.165, 1.54) is 6.42 Å². The van der Waals surface area contributed by atoms with E-state index in [2.05, 4.69) is 142 Å². The van der Waals surface area contributed by atoms with Gasteiger partial charge in [-0.1, -0.05) is 54.9 Å². The Morgan fingerprint density at radius 3 is 0.759 bits per heavy atom. The molecule has 29 heavy (non-hydrogen) atoms. The van der Waals surface area contributed by atoms with Gasteiger partial charge in [-0.2, -0.15) is 0 Å². The predicted octanol–water partition coefficient (Wildman–Crippen LogP) is 8.55. The minimum absolute atomic E-state index is 0.234. The van der Waals surface area contributed by atoms with Gasteiger partial charge >= 0.3 is 0 Å². The second-order valence-corrected chi connectivity index (χ2v) is 15.0. The molecule has 0 rings (SSSR count). The lowest BCUT2D eigenvalue weighted by Crippen LogP contribution is -2.55. The van der Waals surface area contributed by atoms with Crippen LogP contribution in [-0.2, 0) is 0 Å². The maximum absolute atomic E-state index is 3.46. The topological polar surface area (TPSA) is 15.3 Å². The quantitative estimate of drug-likeness (QED) is 0.462. The van der Waals surface area contributed by atoms with Crippen molar-refractivity contribution in [2.45, 2.75) is 160 Å². The zero-order valence-corrected chi connectivity index (χ0v) is 24.4. The summed E-state index contributed by atoms with van der Waals surface area (Å²) in [7, 11) is 0. The van der Waals surface area contributed by atoms with Crippen LogP contribution in [0.5, 0.6) is 0 Å². The smallest absolute Gasteiger partial charge is 0.0130 e. The van der Waals surface area contributed by atoms with E-state index in [1.807, 2.05) is 0 Å². The van der Waals surface area contributed by atoms with Gasteiger partial charge in [0.15, 0.2) is 0 Å². The first-order chi connectivity index (χ1) is 12.1. The maximum atomic E-state index is 3.46. The van der Waals surface area contributed by atoms with Crippen LogP contribution in [0.25, 0.3) is 0 Å². The number of rotatable bonds is 1. The first-order valence-corrected chi connectivity index (χ1v) is 11.7. The van der Waals surface area contributed by atoms with E-state index in [0.717, 1.165) is 6.54 Å². The minimum atomic E-state index is 0.234. The van der Waals surface area contributed by atoms with Gasteiger partial charge in [-0.15, -0.1) is 0 Å². The molecule has 2 heteroatoms. The summed E-state index contributed by atoms with van der Waals surface area (Å²) >= 11 is 0. The molecule has 0 aliphatic rings. The van der Waals surface area contributed by atoms with Crippen LogP contribution >= 0.6 is 0 Å². The lowest BCUT2D eigenvalue weighted by molar-refractivity contribution is 0.00837. The second-order valence-electron chi connectivity index (χ2n) is 15.0. The third-order valence-corrected chi connectivity index (χ3v) is 4.06. The van der Waals surface area contributed by atoms with Crippen LogP contribution in [0.2, 0.25) is 0 Å². The molecule has 0 aliphatic heterocycles. The molecule has 0 heterocycles. The highest BCUT2D eigenvalue weighted by Gasteiger charge is 2.33. The highest BCUT2D eigenvalue weighted by Crippen LogP contribution is 2.29. The summed E-state index contributed by atoms with van der Waals surface area (Å²) in [6.45, 7) is 43.8. The van der Waals surface area contributed by atoms with E-state index >= 15 is 0 Å². The highest BCUT2D eigenvalue weighted by molar-refractivity contribution is 4.89. The molecule has 0 saturated heterocycles. The summed E-state index contributed by atoms with van der Waals surface area (Å²) in [5.74, 6) is 0. The van der Waals surface area contributed by atoms with Crippen LogP contribution in [0.3, 0.4) is 0 Å². The van der Waals surface area contributed by atoms with E-state index in [1.54, 1.807) is 0 Å². The fourth-order valence-electron chi connectivity index (χ4n) is 3.08. The molecule has 0 bridgehead atoms. The lowest BCUT2D eigenvalue weighted by Gasteiger charge is -2.48. The number of nitrogens with zero attached hydrogens (tertiary/aromatic N) is 1. The van der Waals surface area contributed by atoms with Crippen LogP contribution < -0.4 is 5.32 Å². The molecular formula is C27H62N2. The summed E-state index contributed by atoms with van der Waals surface area (Å²) in [5, 5.41) is 3.46. The fraction of sp³-hybridized carbons (Fsp3) is 1.00. The van der Waals surface area contributed by atoms with Crippen molar-refractivity contribution in [1.82, 2.24) is 10.2 Å². The van der Waals surface area contributed by atoms with Crippen molar-refractivity contribution in [3.63, 3.8) is 0 Å². The number of nitrogens with one attached hydrogen (secondary N) is 1. The zero-order chi connectivity index (χ0) is 24.7. The van der Waals surface area contributed by atoms with Crippen molar-refractivity contribution < 1.29 is 0 Å². The molecule has 0 aromatic carbocycles. The van der Waals surface area contributed by atoms with E-state index in [4.69, 9.17) is 0 Å². The van der Waals surface area contributed by atoms with Gasteiger partial charge in [0.2, 0.25) is 0 Å². The lowest BCUT2D eigenvalue weighted by atomic mass is 9.88. The molecule has 0 aliphatic carbocycles. The summed E-state index contributed by atoms with van der Waals surface area (Å²) < 4.78 is 0. The second kappa shape index (κ2) is 11.5. The van der Waals surface area contributed by atoms with Crippen molar-refractivity contribution >= 4 is 0 Å². The van der Waals surface area contributed by atoms with Gasteiger partial charge in [-0.25, -0.2) is 0 Å².